The molecule has 0 aliphatic carbocycles. The molecule has 0 aliphatic heterocycles. The third-order valence-corrected chi connectivity index (χ3v) is 5.80. The lowest BCUT2D eigenvalue weighted by molar-refractivity contribution is 0.0827. The van der Waals surface area contributed by atoms with Gasteiger partial charge < -0.3 is 10.2 Å². The first kappa shape index (κ1) is 20.5. The zero-order valence-corrected chi connectivity index (χ0v) is 18.0. The summed E-state index contributed by atoms with van der Waals surface area (Å²) in [5.74, 6) is -0.315. The van der Waals surface area contributed by atoms with Gasteiger partial charge in [-0.1, -0.05) is 60.7 Å². The van der Waals surface area contributed by atoms with Crippen LogP contribution in [0.5, 0.6) is 0 Å². The Bertz CT molecular complexity index is 1200. The minimum absolute atomic E-state index is 0.0841. The first-order chi connectivity index (χ1) is 15.0. The third-order valence-electron chi connectivity index (χ3n) is 4.70. The van der Waals surface area contributed by atoms with Crippen LogP contribution in [0.2, 0.25) is 0 Å². The van der Waals surface area contributed by atoms with Crippen molar-refractivity contribution < 1.29 is 9.59 Å². The summed E-state index contributed by atoms with van der Waals surface area (Å²) in [5, 5.41) is 3.72. The monoisotopic (exact) mass is 427 g/mol. The maximum Gasteiger partial charge on any atom is 0.268 e. The van der Waals surface area contributed by atoms with E-state index in [-0.39, 0.29) is 11.8 Å². The molecule has 31 heavy (non-hydrogen) atoms. The SMILES string of the molecule is CN(C)C(=O)c1ccc(NC(=O)c2sc(-c3ccccc3)nc2-c2ccccc2)cc1. The summed E-state index contributed by atoms with van der Waals surface area (Å²) in [6.07, 6.45) is 0. The number of aromatic nitrogens is 1. The minimum atomic E-state index is -0.231. The van der Waals surface area contributed by atoms with E-state index in [0.29, 0.717) is 21.8 Å². The molecule has 4 rings (SSSR count). The predicted molar refractivity (Wildman–Crippen MR) is 125 cm³/mol. The highest BCUT2D eigenvalue weighted by molar-refractivity contribution is 7.17. The number of benzene rings is 3. The van der Waals surface area contributed by atoms with Crippen molar-refractivity contribution in [2.45, 2.75) is 0 Å². The smallest absolute Gasteiger partial charge is 0.268 e. The zero-order chi connectivity index (χ0) is 21.8. The Morgan fingerprint density at radius 2 is 1.39 bits per heavy atom. The van der Waals surface area contributed by atoms with Gasteiger partial charge in [-0.2, -0.15) is 0 Å². The van der Waals surface area contributed by atoms with Gasteiger partial charge in [0.05, 0.1) is 5.69 Å². The standard InChI is InChI=1S/C25H21N3O2S/c1-28(2)25(30)19-13-15-20(16-14-19)26-23(29)22-21(17-9-5-3-6-10-17)27-24(31-22)18-11-7-4-8-12-18/h3-16H,1-2H3,(H,26,29). The largest absolute Gasteiger partial charge is 0.345 e. The summed E-state index contributed by atoms with van der Waals surface area (Å²) in [6.45, 7) is 0. The number of carbonyl (C=O) groups is 2. The quantitative estimate of drug-likeness (QED) is 0.462. The van der Waals surface area contributed by atoms with Gasteiger partial charge in [0, 0.05) is 36.5 Å². The van der Waals surface area contributed by atoms with Gasteiger partial charge in [0.2, 0.25) is 0 Å². The number of rotatable bonds is 5. The molecule has 1 heterocycles. The second kappa shape index (κ2) is 8.93. The number of amides is 2. The van der Waals surface area contributed by atoms with Crippen LogP contribution in [0.3, 0.4) is 0 Å². The van der Waals surface area contributed by atoms with Gasteiger partial charge in [-0.3, -0.25) is 9.59 Å². The molecule has 1 aromatic heterocycles. The van der Waals surface area contributed by atoms with Crippen LogP contribution >= 0.6 is 11.3 Å². The summed E-state index contributed by atoms with van der Waals surface area (Å²) in [5.41, 5.74) is 3.70. The molecule has 5 nitrogen and oxygen atoms in total. The van der Waals surface area contributed by atoms with Crippen molar-refractivity contribution in [1.82, 2.24) is 9.88 Å². The highest BCUT2D eigenvalue weighted by Gasteiger charge is 2.20. The van der Waals surface area contributed by atoms with Gasteiger partial charge in [0.25, 0.3) is 11.8 Å². The lowest BCUT2D eigenvalue weighted by Crippen LogP contribution is -2.21. The number of anilines is 1. The Balaban J connectivity index is 1.65. The molecule has 0 saturated heterocycles. The van der Waals surface area contributed by atoms with Crippen LogP contribution < -0.4 is 5.32 Å². The fourth-order valence-corrected chi connectivity index (χ4v) is 4.10. The molecule has 4 aromatic rings. The van der Waals surface area contributed by atoms with E-state index >= 15 is 0 Å². The van der Waals surface area contributed by atoms with Crippen molar-refractivity contribution in [2.24, 2.45) is 0 Å². The predicted octanol–water partition coefficient (Wildman–Crippen LogP) is 5.43. The van der Waals surface area contributed by atoms with Crippen LogP contribution in [-0.4, -0.2) is 35.8 Å². The summed E-state index contributed by atoms with van der Waals surface area (Å²) in [6, 6.07) is 26.4. The fourth-order valence-electron chi connectivity index (χ4n) is 3.11. The van der Waals surface area contributed by atoms with Gasteiger partial charge in [-0.05, 0) is 24.3 Å². The molecule has 2 amide bonds. The summed E-state index contributed by atoms with van der Waals surface area (Å²) < 4.78 is 0. The van der Waals surface area contributed by atoms with E-state index in [4.69, 9.17) is 4.98 Å². The molecule has 0 spiro atoms. The Morgan fingerprint density at radius 3 is 1.97 bits per heavy atom. The number of nitrogens with zero attached hydrogens (tertiary/aromatic N) is 2. The average Bonchev–Trinajstić information content (AvgIpc) is 3.26. The molecule has 0 aliphatic rings. The van der Waals surface area contributed by atoms with E-state index in [1.54, 1.807) is 38.4 Å². The van der Waals surface area contributed by atoms with Crippen molar-refractivity contribution in [1.29, 1.82) is 0 Å². The van der Waals surface area contributed by atoms with Gasteiger partial charge in [0.1, 0.15) is 9.88 Å². The van der Waals surface area contributed by atoms with E-state index in [1.807, 2.05) is 60.7 Å². The van der Waals surface area contributed by atoms with E-state index in [1.165, 1.54) is 16.2 Å². The Kier molecular flexibility index (Phi) is 5.91. The van der Waals surface area contributed by atoms with Crippen molar-refractivity contribution in [3.63, 3.8) is 0 Å². The van der Waals surface area contributed by atoms with Crippen LogP contribution in [0.15, 0.2) is 84.9 Å². The minimum Gasteiger partial charge on any atom is -0.345 e. The van der Waals surface area contributed by atoms with Gasteiger partial charge >= 0.3 is 0 Å². The van der Waals surface area contributed by atoms with Crippen molar-refractivity contribution in [2.75, 3.05) is 19.4 Å². The van der Waals surface area contributed by atoms with Gasteiger partial charge in [-0.25, -0.2) is 4.98 Å². The van der Waals surface area contributed by atoms with Crippen LogP contribution in [0.25, 0.3) is 21.8 Å². The normalized spacial score (nSPS) is 10.5. The highest BCUT2D eigenvalue weighted by Crippen LogP contribution is 2.34. The molecule has 0 bridgehead atoms. The van der Waals surface area contributed by atoms with Crippen LogP contribution in [0.4, 0.5) is 5.69 Å². The van der Waals surface area contributed by atoms with Crippen LogP contribution in [0, 0.1) is 0 Å². The number of thiazole rings is 1. The number of nitrogens with one attached hydrogen (secondary N) is 1. The number of hydrogen-bond acceptors (Lipinski definition) is 4. The molecule has 154 valence electrons. The Hall–Kier alpha value is -3.77. The van der Waals surface area contributed by atoms with E-state index < -0.39 is 0 Å². The van der Waals surface area contributed by atoms with E-state index in [0.717, 1.165) is 16.1 Å². The lowest BCUT2D eigenvalue weighted by atomic mass is 10.1. The maximum atomic E-state index is 13.2. The third kappa shape index (κ3) is 4.54. The van der Waals surface area contributed by atoms with E-state index in [2.05, 4.69) is 5.32 Å². The highest BCUT2D eigenvalue weighted by atomic mass is 32.1. The van der Waals surface area contributed by atoms with Crippen LogP contribution in [-0.2, 0) is 0 Å². The second-order valence-electron chi connectivity index (χ2n) is 7.16. The number of carbonyl (C=O) groups excluding carboxylic acids is 2. The zero-order valence-electron chi connectivity index (χ0n) is 17.2. The first-order valence-electron chi connectivity index (χ1n) is 9.77. The van der Waals surface area contributed by atoms with Crippen molar-refractivity contribution >= 4 is 28.8 Å². The van der Waals surface area contributed by atoms with Crippen LogP contribution in [0.1, 0.15) is 20.0 Å². The number of hydrogen-bond donors (Lipinski definition) is 1. The molecule has 0 atom stereocenters. The van der Waals surface area contributed by atoms with Crippen molar-refractivity contribution in [3.8, 4) is 21.8 Å². The maximum absolute atomic E-state index is 13.2. The summed E-state index contributed by atoms with van der Waals surface area (Å²) in [4.78, 5) is 32.1. The Labute approximate surface area is 185 Å². The molecule has 0 saturated carbocycles. The molecule has 0 fully saturated rings. The van der Waals surface area contributed by atoms with Crippen molar-refractivity contribution in [3.05, 3.63) is 95.4 Å². The molecular weight excluding hydrogens is 406 g/mol. The Morgan fingerprint density at radius 1 is 0.806 bits per heavy atom. The molecule has 3 aromatic carbocycles. The van der Waals surface area contributed by atoms with Gasteiger partial charge in [-0.15, -0.1) is 11.3 Å². The molecule has 1 N–H and O–H groups in total. The lowest BCUT2D eigenvalue weighted by Gasteiger charge is -2.11. The molecule has 6 heteroatoms. The average molecular weight is 428 g/mol. The fraction of sp³-hybridized carbons (Fsp3) is 0.0800. The molecular formula is C25H21N3O2S. The first-order valence-corrected chi connectivity index (χ1v) is 10.6. The van der Waals surface area contributed by atoms with E-state index in [9.17, 15) is 9.59 Å². The topological polar surface area (TPSA) is 62.3 Å². The summed E-state index contributed by atoms with van der Waals surface area (Å²) >= 11 is 1.36. The second-order valence-corrected chi connectivity index (χ2v) is 8.16. The molecule has 0 radical (unpaired) electrons. The summed E-state index contributed by atoms with van der Waals surface area (Å²) in [7, 11) is 3.41. The van der Waals surface area contributed by atoms with Gasteiger partial charge in [0.15, 0.2) is 0 Å². The molecule has 0 unspecified atom stereocenters.